The van der Waals surface area contributed by atoms with Gasteiger partial charge in [0, 0.05) is 24.5 Å². The highest BCUT2D eigenvalue weighted by atomic mass is 16.5. The number of ether oxygens (including phenoxy) is 1. The van der Waals surface area contributed by atoms with E-state index in [1.165, 1.54) is 0 Å². The molecule has 0 unspecified atom stereocenters. The van der Waals surface area contributed by atoms with Gasteiger partial charge in [-0.1, -0.05) is 12.1 Å². The number of amides is 1. The fourth-order valence-corrected chi connectivity index (χ4v) is 1.93. The summed E-state index contributed by atoms with van der Waals surface area (Å²) in [7, 11) is 1.91. The zero-order valence-corrected chi connectivity index (χ0v) is 12.2. The molecule has 0 aliphatic carbocycles. The first-order chi connectivity index (χ1) is 10.2. The third-order valence-corrected chi connectivity index (χ3v) is 3.00. The maximum atomic E-state index is 11.8. The number of para-hydroxylation sites is 1. The van der Waals surface area contributed by atoms with E-state index in [0.717, 1.165) is 17.0 Å². The topological polar surface area (TPSA) is 55.6 Å². The molecule has 2 aromatic rings. The van der Waals surface area contributed by atoms with Crippen molar-refractivity contribution in [3.05, 3.63) is 53.9 Å². The van der Waals surface area contributed by atoms with Crippen molar-refractivity contribution in [3.63, 3.8) is 0 Å². The number of aromatic nitrogens is 1. The molecule has 2 rings (SSSR count). The smallest absolute Gasteiger partial charge is 0.245 e. The van der Waals surface area contributed by atoms with Crippen LogP contribution in [0, 0.1) is 0 Å². The van der Waals surface area contributed by atoms with Crippen LogP contribution in [0.25, 0.3) is 0 Å². The van der Waals surface area contributed by atoms with E-state index in [9.17, 15) is 4.79 Å². The molecule has 0 bridgehead atoms. The monoisotopic (exact) mass is 285 g/mol. The van der Waals surface area contributed by atoms with Gasteiger partial charge >= 0.3 is 0 Å². The number of hydrazone groups is 1. The van der Waals surface area contributed by atoms with Crippen LogP contribution < -0.4 is 10.2 Å². The Morgan fingerprint density at radius 2 is 2.14 bits per heavy atom. The van der Waals surface area contributed by atoms with Crippen LogP contribution in [0.5, 0.6) is 5.75 Å². The molecule has 1 aromatic carbocycles. The standard InChI is InChI=1S/C16H19N3O2/c1-3-21-15-9-5-4-7-13(15)12-17-18-16(20)11-14-8-6-10-19(14)2/h4-10,12H,3,11H2,1-2H3,(H,18,20)/b17-12+. The fourth-order valence-electron chi connectivity index (χ4n) is 1.93. The van der Waals surface area contributed by atoms with Crippen LogP contribution in [0.3, 0.4) is 0 Å². The van der Waals surface area contributed by atoms with Crippen molar-refractivity contribution in [2.75, 3.05) is 6.61 Å². The van der Waals surface area contributed by atoms with Gasteiger partial charge in [-0.3, -0.25) is 4.79 Å². The van der Waals surface area contributed by atoms with E-state index in [4.69, 9.17) is 4.74 Å². The molecule has 0 radical (unpaired) electrons. The molecule has 1 amide bonds. The Bertz CT molecular complexity index is 632. The SMILES string of the molecule is CCOc1ccccc1/C=N/NC(=O)Cc1cccn1C. The Balaban J connectivity index is 1.93. The van der Waals surface area contributed by atoms with Crippen molar-refractivity contribution in [2.45, 2.75) is 13.3 Å². The minimum Gasteiger partial charge on any atom is -0.493 e. The van der Waals surface area contributed by atoms with Crippen LogP contribution in [-0.2, 0) is 18.3 Å². The minimum atomic E-state index is -0.151. The third-order valence-electron chi connectivity index (χ3n) is 3.00. The Kier molecular flexibility index (Phi) is 5.15. The Labute approximate surface area is 124 Å². The summed E-state index contributed by atoms with van der Waals surface area (Å²) in [5.74, 6) is 0.599. The molecule has 0 fully saturated rings. The molecule has 0 saturated heterocycles. The van der Waals surface area contributed by atoms with Gasteiger partial charge in [0.05, 0.1) is 19.2 Å². The lowest BCUT2D eigenvalue weighted by molar-refractivity contribution is -0.120. The van der Waals surface area contributed by atoms with Crippen molar-refractivity contribution in [3.8, 4) is 5.75 Å². The molecule has 0 atom stereocenters. The average Bonchev–Trinajstić information content (AvgIpc) is 2.86. The van der Waals surface area contributed by atoms with Gasteiger partial charge in [0.2, 0.25) is 5.91 Å². The van der Waals surface area contributed by atoms with Gasteiger partial charge in [-0.2, -0.15) is 5.10 Å². The largest absolute Gasteiger partial charge is 0.493 e. The molecule has 1 aromatic heterocycles. The first-order valence-corrected chi connectivity index (χ1v) is 6.84. The molecule has 5 heteroatoms. The summed E-state index contributed by atoms with van der Waals surface area (Å²) >= 11 is 0. The van der Waals surface area contributed by atoms with Gasteiger partial charge in [-0.05, 0) is 31.2 Å². The number of benzene rings is 1. The summed E-state index contributed by atoms with van der Waals surface area (Å²) in [6, 6.07) is 11.4. The first-order valence-electron chi connectivity index (χ1n) is 6.84. The predicted molar refractivity (Wildman–Crippen MR) is 82.5 cm³/mol. The quantitative estimate of drug-likeness (QED) is 0.653. The predicted octanol–water partition coefficient (Wildman–Crippen LogP) is 2.12. The maximum Gasteiger partial charge on any atom is 0.245 e. The number of hydrogen-bond donors (Lipinski definition) is 1. The average molecular weight is 285 g/mol. The zero-order valence-electron chi connectivity index (χ0n) is 12.2. The van der Waals surface area contributed by atoms with Gasteiger partial charge < -0.3 is 9.30 Å². The highest BCUT2D eigenvalue weighted by Crippen LogP contribution is 2.15. The fraction of sp³-hybridized carbons (Fsp3) is 0.250. The van der Waals surface area contributed by atoms with Gasteiger partial charge in [0.1, 0.15) is 5.75 Å². The number of nitrogens with zero attached hydrogens (tertiary/aromatic N) is 2. The number of aryl methyl sites for hydroxylation is 1. The van der Waals surface area contributed by atoms with Gasteiger partial charge in [-0.15, -0.1) is 0 Å². The van der Waals surface area contributed by atoms with Gasteiger partial charge in [0.15, 0.2) is 0 Å². The number of nitrogens with one attached hydrogen (secondary N) is 1. The van der Waals surface area contributed by atoms with E-state index >= 15 is 0 Å². The number of hydrogen-bond acceptors (Lipinski definition) is 3. The number of rotatable bonds is 6. The van der Waals surface area contributed by atoms with E-state index in [2.05, 4.69) is 10.5 Å². The highest BCUT2D eigenvalue weighted by Gasteiger charge is 2.04. The van der Waals surface area contributed by atoms with E-state index in [-0.39, 0.29) is 5.91 Å². The second kappa shape index (κ2) is 7.28. The van der Waals surface area contributed by atoms with Crippen LogP contribution in [0.15, 0.2) is 47.7 Å². The highest BCUT2D eigenvalue weighted by molar-refractivity contribution is 5.85. The van der Waals surface area contributed by atoms with E-state index < -0.39 is 0 Å². The summed E-state index contributed by atoms with van der Waals surface area (Å²) in [6.45, 7) is 2.51. The Hall–Kier alpha value is -2.56. The third kappa shape index (κ3) is 4.21. The van der Waals surface area contributed by atoms with Crippen molar-refractivity contribution in [1.82, 2.24) is 9.99 Å². The normalized spacial score (nSPS) is 10.8. The van der Waals surface area contributed by atoms with Crippen LogP contribution in [-0.4, -0.2) is 23.3 Å². The lowest BCUT2D eigenvalue weighted by Crippen LogP contribution is -2.20. The number of carbonyl (C=O) groups excluding carboxylic acids is 1. The molecule has 110 valence electrons. The van der Waals surface area contributed by atoms with Crippen LogP contribution in [0.2, 0.25) is 0 Å². The van der Waals surface area contributed by atoms with Crippen molar-refractivity contribution < 1.29 is 9.53 Å². The molecule has 0 aliphatic heterocycles. The van der Waals surface area contributed by atoms with Gasteiger partial charge in [-0.25, -0.2) is 5.43 Å². The van der Waals surface area contributed by atoms with E-state index in [1.54, 1.807) is 6.21 Å². The molecule has 1 heterocycles. The lowest BCUT2D eigenvalue weighted by atomic mass is 10.2. The molecule has 0 spiro atoms. The second-order valence-corrected chi connectivity index (χ2v) is 4.55. The summed E-state index contributed by atoms with van der Waals surface area (Å²) in [5.41, 5.74) is 4.30. The summed E-state index contributed by atoms with van der Waals surface area (Å²) in [6.07, 6.45) is 3.80. The van der Waals surface area contributed by atoms with Crippen LogP contribution in [0.1, 0.15) is 18.2 Å². The van der Waals surface area contributed by atoms with Crippen molar-refractivity contribution in [2.24, 2.45) is 12.1 Å². The number of carbonyl (C=O) groups is 1. The Morgan fingerprint density at radius 3 is 2.86 bits per heavy atom. The van der Waals surface area contributed by atoms with E-state index in [0.29, 0.717) is 13.0 Å². The second-order valence-electron chi connectivity index (χ2n) is 4.55. The maximum absolute atomic E-state index is 11.8. The van der Waals surface area contributed by atoms with E-state index in [1.807, 2.05) is 61.1 Å². The first kappa shape index (κ1) is 14.8. The molecule has 5 nitrogen and oxygen atoms in total. The molecule has 1 N–H and O–H groups in total. The summed E-state index contributed by atoms with van der Waals surface area (Å²) in [4.78, 5) is 11.8. The molecular formula is C16H19N3O2. The molecular weight excluding hydrogens is 266 g/mol. The zero-order chi connectivity index (χ0) is 15.1. The van der Waals surface area contributed by atoms with Crippen molar-refractivity contribution in [1.29, 1.82) is 0 Å². The lowest BCUT2D eigenvalue weighted by Gasteiger charge is -2.06. The Morgan fingerprint density at radius 1 is 1.33 bits per heavy atom. The summed E-state index contributed by atoms with van der Waals surface area (Å²) in [5, 5.41) is 3.98. The summed E-state index contributed by atoms with van der Waals surface area (Å²) < 4.78 is 7.40. The molecule has 21 heavy (non-hydrogen) atoms. The van der Waals surface area contributed by atoms with Crippen LogP contribution in [0.4, 0.5) is 0 Å². The minimum absolute atomic E-state index is 0.151. The van der Waals surface area contributed by atoms with Crippen molar-refractivity contribution >= 4 is 12.1 Å². The van der Waals surface area contributed by atoms with Gasteiger partial charge in [0.25, 0.3) is 0 Å². The van der Waals surface area contributed by atoms with Crippen LogP contribution >= 0.6 is 0 Å². The molecule has 0 saturated carbocycles. The molecule has 0 aliphatic rings.